The number of hydrogen-bond acceptors (Lipinski definition) is 4. The normalized spacial score (nSPS) is 21.0. The third-order valence-electron chi connectivity index (χ3n) is 3.15. The summed E-state index contributed by atoms with van der Waals surface area (Å²) in [5.74, 6) is 0.137. The first-order valence-corrected chi connectivity index (χ1v) is 8.68. The van der Waals surface area contributed by atoms with Crippen LogP contribution >= 0.6 is 27.3 Å². The average Bonchev–Trinajstić information content (AvgIpc) is 2.85. The Balaban J connectivity index is 2.29. The monoisotopic (exact) mass is 351 g/mol. The second-order valence-corrected chi connectivity index (χ2v) is 9.25. The summed E-state index contributed by atoms with van der Waals surface area (Å²) >= 11 is 4.36. The number of halogens is 1. The van der Waals surface area contributed by atoms with Gasteiger partial charge in [0, 0.05) is 13.0 Å². The Kier molecular flexibility index (Phi) is 3.85. The number of hydrogen-bond donors (Lipinski definition) is 0. The maximum atomic E-state index is 12.3. The largest absolute Gasteiger partial charge is 0.276 e. The van der Waals surface area contributed by atoms with Crippen molar-refractivity contribution < 1.29 is 13.2 Å². The number of carbonyl (C=O) groups excluding carboxylic acids is 1. The summed E-state index contributed by atoms with van der Waals surface area (Å²) in [7, 11) is -3.66. The molecule has 18 heavy (non-hydrogen) atoms. The van der Waals surface area contributed by atoms with E-state index in [9.17, 15) is 13.2 Å². The van der Waals surface area contributed by atoms with Crippen molar-refractivity contribution in [3.05, 3.63) is 15.9 Å². The SMILES string of the molecule is CC(C)C1CC(=O)N(S(=O)(=O)c2ccc(Br)s2)C1. The van der Waals surface area contributed by atoms with E-state index in [-0.39, 0.29) is 16.0 Å². The molecule has 1 unspecified atom stereocenters. The van der Waals surface area contributed by atoms with Crippen LogP contribution in [0.5, 0.6) is 0 Å². The Hall–Kier alpha value is -0.400. The number of sulfonamides is 1. The molecule has 1 saturated heterocycles. The van der Waals surface area contributed by atoms with Crippen LogP contribution < -0.4 is 0 Å². The van der Waals surface area contributed by atoms with Crippen LogP contribution in [-0.4, -0.2) is 25.2 Å². The van der Waals surface area contributed by atoms with Crippen LogP contribution in [0.4, 0.5) is 0 Å². The van der Waals surface area contributed by atoms with Gasteiger partial charge in [-0.1, -0.05) is 13.8 Å². The molecule has 0 spiro atoms. The van der Waals surface area contributed by atoms with Gasteiger partial charge in [-0.3, -0.25) is 4.79 Å². The molecule has 2 heterocycles. The zero-order valence-electron chi connectivity index (χ0n) is 10.1. The minimum absolute atomic E-state index is 0.121. The molecule has 1 aromatic rings. The topological polar surface area (TPSA) is 54.5 Å². The lowest BCUT2D eigenvalue weighted by Gasteiger charge is -2.17. The van der Waals surface area contributed by atoms with Gasteiger partial charge in [-0.25, -0.2) is 12.7 Å². The summed E-state index contributed by atoms with van der Waals surface area (Å²) in [5.41, 5.74) is 0. The highest BCUT2D eigenvalue weighted by molar-refractivity contribution is 9.11. The van der Waals surface area contributed by atoms with Crippen LogP contribution in [0, 0.1) is 11.8 Å². The van der Waals surface area contributed by atoms with Gasteiger partial charge in [0.05, 0.1) is 3.79 Å². The van der Waals surface area contributed by atoms with E-state index in [0.29, 0.717) is 18.9 Å². The standard InChI is InChI=1S/C11H14BrNO3S2/c1-7(2)8-5-10(14)13(6-8)18(15,16)11-4-3-9(12)17-11/h3-4,7-8H,5-6H2,1-2H3. The molecule has 1 amide bonds. The van der Waals surface area contributed by atoms with Crippen LogP contribution in [0.3, 0.4) is 0 Å². The second kappa shape index (κ2) is 4.94. The van der Waals surface area contributed by atoms with Crippen molar-refractivity contribution in [1.82, 2.24) is 4.31 Å². The van der Waals surface area contributed by atoms with Gasteiger partial charge in [0.25, 0.3) is 10.0 Å². The molecule has 4 nitrogen and oxygen atoms in total. The van der Waals surface area contributed by atoms with E-state index in [4.69, 9.17) is 0 Å². The third kappa shape index (κ3) is 2.48. The van der Waals surface area contributed by atoms with Crippen molar-refractivity contribution >= 4 is 43.2 Å². The predicted molar refractivity (Wildman–Crippen MR) is 73.9 cm³/mol. The molecule has 1 aromatic heterocycles. The summed E-state index contributed by atoms with van der Waals surface area (Å²) in [4.78, 5) is 11.9. The van der Waals surface area contributed by atoms with Gasteiger partial charge in [-0.05, 0) is 39.9 Å². The molecule has 0 bridgehead atoms. The molecule has 1 aliphatic rings. The Bertz CT molecular complexity index is 565. The maximum absolute atomic E-state index is 12.3. The molecule has 0 N–H and O–H groups in total. The van der Waals surface area contributed by atoms with E-state index >= 15 is 0 Å². The minimum Gasteiger partial charge on any atom is -0.274 e. The van der Waals surface area contributed by atoms with Crippen molar-refractivity contribution in [3.63, 3.8) is 0 Å². The fraction of sp³-hybridized carbons (Fsp3) is 0.545. The van der Waals surface area contributed by atoms with Crippen molar-refractivity contribution in [2.24, 2.45) is 11.8 Å². The van der Waals surface area contributed by atoms with Gasteiger partial charge in [0.15, 0.2) is 0 Å². The lowest BCUT2D eigenvalue weighted by atomic mass is 9.95. The van der Waals surface area contributed by atoms with E-state index in [1.165, 1.54) is 6.07 Å². The fourth-order valence-electron chi connectivity index (χ4n) is 1.93. The molecule has 0 saturated carbocycles. The molecule has 0 aliphatic carbocycles. The lowest BCUT2D eigenvalue weighted by Crippen LogP contribution is -2.32. The second-order valence-electron chi connectivity index (χ2n) is 4.70. The van der Waals surface area contributed by atoms with E-state index in [2.05, 4.69) is 15.9 Å². The Morgan fingerprint density at radius 2 is 2.11 bits per heavy atom. The molecule has 7 heteroatoms. The highest BCUT2D eigenvalue weighted by Gasteiger charge is 2.39. The van der Waals surface area contributed by atoms with E-state index in [1.807, 2.05) is 13.8 Å². The Labute approximate surface area is 119 Å². The predicted octanol–water partition coefficient (Wildman–Crippen LogP) is 2.70. The van der Waals surface area contributed by atoms with Gasteiger partial charge < -0.3 is 0 Å². The number of carbonyl (C=O) groups is 1. The molecule has 0 aromatic carbocycles. The van der Waals surface area contributed by atoms with Crippen LogP contribution in [0.15, 0.2) is 20.1 Å². The molecule has 100 valence electrons. The lowest BCUT2D eigenvalue weighted by molar-refractivity contribution is -0.123. The summed E-state index contributed by atoms with van der Waals surface area (Å²) in [6.45, 7) is 4.32. The van der Waals surface area contributed by atoms with Crippen LogP contribution in [0.2, 0.25) is 0 Å². The van der Waals surface area contributed by atoms with Crippen LogP contribution in [-0.2, 0) is 14.8 Å². The highest BCUT2D eigenvalue weighted by atomic mass is 79.9. The van der Waals surface area contributed by atoms with E-state index in [0.717, 1.165) is 19.4 Å². The number of rotatable bonds is 3. The molecular weight excluding hydrogens is 338 g/mol. The first-order valence-electron chi connectivity index (χ1n) is 5.63. The van der Waals surface area contributed by atoms with Crippen molar-refractivity contribution in [2.45, 2.75) is 24.5 Å². The van der Waals surface area contributed by atoms with Crippen LogP contribution in [0.1, 0.15) is 20.3 Å². The van der Waals surface area contributed by atoms with Crippen molar-refractivity contribution in [3.8, 4) is 0 Å². The molecule has 2 rings (SSSR count). The third-order valence-corrected chi connectivity index (χ3v) is 7.03. The first-order chi connectivity index (χ1) is 8.32. The first kappa shape index (κ1) is 14.0. The average molecular weight is 352 g/mol. The molecule has 1 fully saturated rings. The van der Waals surface area contributed by atoms with Gasteiger partial charge in [-0.2, -0.15) is 0 Å². The summed E-state index contributed by atoms with van der Waals surface area (Å²) in [6.07, 6.45) is 0.323. The Morgan fingerprint density at radius 3 is 2.56 bits per heavy atom. The van der Waals surface area contributed by atoms with E-state index < -0.39 is 10.0 Å². The van der Waals surface area contributed by atoms with Gasteiger partial charge >= 0.3 is 0 Å². The van der Waals surface area contributed by atoms with Gasteiger partial charge in [0.2, 0.25) is 5.91 Å². The summed E-state index contributed by atoms with van der Waals surface area (Å²) in [5, 5.41) is 0. The molecule has 0 radical (unpaired) electrons. The molecule has 1 atom stereocenters. The maximum Gasteiger partial charge on any atom is 0.276 e. The highest BCUT2D eigenvalue weighted by Crippen LogP contribution is 2.33. The van der Waals surface area contributed by atoms with Gasteiger partial charge in [0.1, 0.15) is 4.21 Å². The number of nitrogens with zero attached hydrogens (tertiary/aromatic N) is 1. The van der Waals surface area contributed by atoms with E-state index in [1.54, 1.807) is 6.07 Å². The number of amides is 1. The summed E-state index contributed by atoms with van der Waals surface area (Å²) < 4.78 is 26.6. The molecular formula is C11H14BrNO3S2. The zero-order valence-corrected chi connectivity index (χ0v) is 13.3. The Morgan fingerprint density at radius 1 is 1.44 bits per heavy atom. The van der Waals surface area contributed by atoms with Gasteiger partial charge in [-0.15, -0.1) is 11.3 Å². The zero-order chi connectivity index (χ0) is 13.5. The quantitative estimate of drug-likeness (QED) is 0.841. The molecule has 1 aliphatic heterocycles. The van der Waals surface area contributed by atoms with Crippen molar-refractivity contribution in [1.29, 1.82) is 0 Å². The minimum atomic E-state index is -3.66. The fourth-order valence-corrected chi connectivity index (χ4v) is 5.52. The summed E-state index contributed by atoms with van der Waals surface area (Å²) in [6, 6.07) is 3.21. The smallest absolute Gasteiger partial charge is 0.274 e. The number of thiophene rings is 1. The van der Waals surface area contributed by atoms with Crippen molar-refractivity contribution in [2.75, 3.05) is 6.54 Å². The van der Waals surface area contributed by atoms with Crippen LogP contribution in [0.25, 0.3) is 0 Å².